The molecule has 3 N–H and O–H groups in total. The lowest BCUT2D eigenvalue weighted by atomic mass is 10.1. The van der Waals surface area contributed by atoms with E-state index in [2.05, 4.69) is 29.4 Å². The Kier molecular flexibility index (Phi) is 7.36. The van der Waals surface area contributed by atoms with Crippen molar-refractivity contribution in [2.24, 2.45) is 10.7 Å². The number of halogens is 1. The number of fused-ring (bicyclic) bond motifs is 1. The lowest BCUT2D eigenvalue weighted by Crippen LogP contribution is -2.23. The Hall–Kier alpha value is -1.96. The summed E-state index contributed by atoms with van der Waals surface area (Å²) in [6.07, 6.45) is 1.76. The van der Waals surface area contributed by atoms with Crippen molar-refractivity contribution < 1.29 is 9.47 Å². The van der Waals surface area contributed by atoms with Crippen molar-refractivity contribution in [2.45, 2.75) is 19.8 Å². The third-order valence-corrected chi connectivity index (χ3v) is 3.94. The summed E-state index contributed by atoms with van der Waals surface area (Å²) in [5, 5.41) is 3.11. The van der Waals surface area contributed by atoms with E-state index >= 15 is 0 Å². The van der Waals surface area contributed by atoms with Gasteiger partial charge in [-0.2, -0.15) is 0 Å². The molecule has 0 amide bonds. The summed E-state index contributed by atoms with van der Waals surface area (Å²) in [5.41, 5.74) is 9.40. The molecule has 0 spiro atoms. The van der Waals surface area contributed by atoms with Crippen molar-refractivity contribution in [1.29, 1.82) is 0 Å². The van der Waals surface area contributed by atoms with Crippen LogP contribution < -0.4 is 20.5 Å². The first-order valence-electron chi connectivity index (χ1n) is 8.23. The van der Waals surface area contributed by atoms with Gasteiger partial charge < -0.3 is 20.5 Å². The van der Waals surface area contributed by atoms with Crippen LogP contribution in [-0.4, -0.2) is 25.7 Å². The maximum Gasteiger partial charge on any atom is 0.193 e. The molecular weight excluding hydrogens is 429 g/mol. The van der Waals surface area contributed by atoms with Crippen LogP contribution in [0.15, 0.2) is 47.5 Å². The second-order valence-electron chi connectivity index (χ2n) is 5.78. The summed E-state index contributed by atoms with van der Waals surface area (Å²) >= 11 is 0. The summed E-state index contributed by atoms with van der Waals surface area (Å²) in [5.74, 6) is 1.91. The highest BCUT2D eigenvalue weighted by atomic mass is 127. The van der Waals surface area contributed by atoms with Crippen molar-refractivity contribution >= 4 is 35.6 Å². The van der Waals surface area contributed by atoms with Gasteiger partial charge in [0.05, 0.1) is 13.2 Å². The van der Waals surface area contributed by atoms with Gasteiger partial charge in [-0.15, -0.1) is 24.0 Å². The second-order valence-corrected chi connectivity index (χ2v) is 5.78. The molecule has 0 aromatic heterocycles. The van der Waals surface area contributed by atoms with Crippen molar-refractivity contribution in [2.75, 3.05) is 25.1 Å². The molecule has 2 aromatic rings. The van der Waals surface area contributed by atoms with Crippen molar-refractivity contribution in [3.8, 4) is 11.5 Å². The van der Waals surface area contributed by atoms with Crippen LogP contribution in [-0.2, 0) is 6.42 Å². The summed E-state index contributed by atoms with van der Waals surface area (Å²) in [7, 11) is 0. The van der Waals surface area contributed by atoms with Crippen molar-refractivity contribution in [3.63, 3.8) is 0 Å². The fourth-order valence-electron chi connectivity index (χ4n) is 2.62. The van der Waals surface area contributed by atoms with Gasteiger partial charge in [0.25, 0.3) is 0 Å². The molecule has 0 bridgehead atoms. The highest BCUT2D eigenvalue weighted by Gasteiger charge is 2.10. The molecule has 6 heteroatoms. The van der Waals surface area contributed by atoms with Crippen molar-refractivity contribution in [1.82, 2.24) is 0 Å². The van der Waals surface area contributed by atoms with E-state index in [1.807, 2.05) is 30.3 Å². The fraction of sp³-hybridized carbons (Fsp3) is 0.316. The van der Waals surface area contributed by atoms with Gasteiger partial charge in [0.2, 0.25) is 0 Å². The lowest BCUT2D eigenvalue weighted by molar-refractivity contribution is 0.297. The average Bonchev–Trinajstić information content (AvgIpc) is 2.81. The molecule has 1 aliphatic heterocycles. The van der Waals surface area contributed by atoms with Gasteiger partial charge in [-0.3, -0.25) is 4.99 Å². The van der Waals surface area contributed by atoms with Crippen LogP contribution in [0.5, 0.6) is 11.5 Å². The van der Waals surface area contributed by atoms with Crippen LogP contribution in [0.1, 0.15) is 17.5 Å². The van der Waals surface area contributed by atoms with Gasteiger partial charge >= 0.3 is 0 Å². The largest absolute Gasteiger partial charge is 0.490 e. The standard InChI is InChI=1S/C19H23N3O2.HI/c1-14-5-2-3-6-15(14)9-10-21-19(20)22-16-7-8-17-18(13-16)24-12-4-11-23-17;/h2-3,5-8,13H,4,9-12H2,1H3,(H3,20,21,22);1H. The maximum atomic E-state index is 5.98. The van der Waals surface area contributed by atoms with Gasteiger partial charge in [0.15, 0.2) is 17.5 Å². The van der Waals surface area contributed by atoms with E-state index in [0.29, 0.717) is 25.7 Å². The van der Waals surface area contributed by atoms with Gasteiger partial charge in [0, 0.05) is 24.7 Å². The molecule has 0 aliphatic carbocycles. The van der Waals surface area contributed by atoms with Gasteiger partial charge in [-0.25, -0.2) is 0 Å². The zero-order chi connectivity index (χ0) is 16.8. The zero-order valence-corrected chi connectivity index (χ0v) is 16.7. The molecule has 1 heterocycles. The summed E-state index contributed by atoms with van der Waals surface area (Å²) in [4.78, 5) is 4.40. The Morgan fingerprint density at radius 1 is 1.12 bits per heavy atom. The van der Waals surface area contributed by atoms with Crippen LogP contribution in [0.2, 0.25) is 0 Å². The van der Waals surface area contributed by atoms with Crippen LogP contribution in [0.3, 0.4) is 0 Å². The number of benzene rings is 2. The molecule has 0 radical (unpaired) electrons. The smallest absolute Gasteiger partial charge is 0.193 e. The maximum absolute atomic E-state index is 5.98. The van der Waals surface area contributed by atoms with E-state index in [9.17, 15) is 0 Å². The summed E-state index contributed by atoms with van der Waals surface area (Å²) < 4.78 is 11.3. The van der Waals surface area contributed by atoms with E-state index in [-0.39, 0.29) is 24.0 Å². The molecule has 0 fully saturated rings. The monoisotopic (exact) mass is 453 g/mol. The lowest BCUT2D eigenvalue weighted by Gasteiger charge is -2.11. The number of ether oxygens (including phenoxy) is 2. The van der Waals surface area contributed by atoms with Crippen molar-refractivity contribution in [3.05, 3.63) is 53.6 Å². The molecule has 1 aliphatic rings. The average molecular weight is 453 g/mol. The number of rotatable bonds is 4. The topological polar surface area (TPSA) is 68.9 Å². The third kappa shape index (κ3) is 5.52. The Morgan fingerprint density at radius 2 is 1.88 bits per heavy atom. The number of hydrogen-bond donors (Lipinski definition) is 2. The molecule has 3 rings (SSSR count). The highest BCUT2D eigenvalue weighted by Crippen LogP contribution is 2.32. The minimum Gasteiger partial charge on any atom is -0.490 e. The molecule has 134 valence electrons. The number of anilines is 1. The molecule has 5 nitrogen and oxygen atoms in total. The molecule has 0 unspecified atom stereocenters. The summed E-state index contributed by atoms with van der Waals surface area (Å²) in [6.45, 7) is 4.10. The van der Waals surface area contributed by atoms with E-state index in [0.717, 1.165) is 30.0 Å². The quantitative estimate of drug-likeness (QED) is 0.421. The van der Waals surface area contributed by atoms with Crippen LogP contribution in [0.4, 0.5) is 5.69 Å². The second kappa shape index (κ2) is 9.50. The number of guanidine groups is 1. The first kappa shape index (κ1) is 19.4. The van der Waals surface area contributed by atoms with Gasteiger partial charge in [0.1, 0.15) is 0 Å². The van der Waals surface area contributed by atoms with Gasteiger partial charge in [-0.05, 0) is 36.6 Å². The molecule has 25 heavy (non-hydrogen) atoms. The van der Waals surface area contributed by atoms with E-state index in [1.54, 1.807) is 0 Å². The first-order chi connectivity index (χ1) is 11.7. The number of aryl methyl sites for hydroxylation is 1. The SMILES string of the molecule is Cc1ccccc1CCN=C(N)Nc1ccc2c(c1)OCCCO2.I. The Labute approximate surface area is 165 Å². The van der Waals surface area contributed by atoms with E-state index < -0.39 is 0 Å². The predicted octanol–water partition coefficient (Wildman–Crippen LogP) is 3.74. The number of nitrogens with one attached hydrogen (secondary N) is 1. The number of hydrogen-bond acceptors (Lipinski definition) is 3. The Morgan fingerprint density at radius 3 is 2.68 bits per heavy atom. The highest BCUT2D eigenvalue weighted by molar-refractivity contribution is 14.0. The van der Waals surface area contributed by atoms with Crippen LogP contribution >= 0.6 is 24.0 Å². The minimum absolute atomic E-state index is 0. The normalized spacial score (nSPS) is 13.6. The Balaban J connectivity index is 0.00000225. The number of nitrogens with zero attached hydrogens (tertiary/aromatic N) is 1. The van der Waals surface area contributed by atoms with Gasteiger partial charge in [-0.1, -0.05) is 24.3 Å². The molecular formula is C19H24IN3O2. The summed E-state index contributed by atoms with van der Waals surface area (Å²) in [6, 6.07) is 14.0. The zero-order valence-electron chi connectivity index (χ0n) is 14.3. The van der Waals surface area contributed by atoms with E-state index in [1.165, 1.54) is 11.1 Å². The number of nitrogens with two attached hydrogens (primary N) is 1. The fourth-order valence-corrected chi connectivity index (χ4v) is 2.62. The molecule has 0 atom stereocenters. The molecule has 0 saturated heterocycles. The molecule has 0 saturated carbocycles. The van der Waals surface area contributed by atoms with Crippen LogP contribution in [0.25, 0.3) is 0 Å². The number of aliphatic imine (C=N–C) groups is 1. The Bertz CT molecular complexity index is 734. The van der Waals surface area contributed by atoms with Crippen LogP contribution in [0, 0.1) is 6.92 Å². The third-order valence-electron chi connectivity index (χ3n) is 3.94. The predicted molar refractivity (Wildman–Crippen MR) is 112 cm³/mol. The first-order valence-corrected chi connectivity index (χ1v) is 8.23. The molecule has 2 aromatic carbocycles. The minimum atomic E-state index is 0. The van der Waals surface area contributed by atoms with E-state index in [4.69, 9.17) is 15.2 Å².